The molecule has 4 aromatic rings. The highest BCUT2D eigenvalue weighted by atomic mass is 16.3. The van der Waals surface area contributed by atoms with Gasteiger partial charge in [-0.1, -0.05) is 42.5 Å². The molecule has 5 rings (SSSR count). The second-order valence-corrected chi connectivity index (χ2v) is 6.61. The predicted octanol–water partition coefficient (Wildman–Crippen LogP) is 4.49. The highest BCUT2D eigenvalue weighted by Crippen LogP contribution is 2.33. The number of rotatable bonds is 3. The third kappa shape index (κ3) is 2.70. The summed E-state index contributed by atoms with van der Waals surface area (Å²) in [5.74, 6) is -1.26. The molecule has 0 saturated heterocycles. The Morgan fingerprint density at radius 1 is 0.828 bits per heavy atom. The average molecular weight is 382 g/mol. The van der Waals surface area contributed by atoms with Crippen LogP contribution in [0.4, 0.5) is 11.4 Å². The molecule has 0 unspecified atom stereocenters. The molecule has 0 aliphatic carbocycles. The van der Waals surface area contributed by atoms with E-state index in [4.69, 9.17) is 4.42 Å². The van der Waals surface area contributed by atoms with Crippen LogP contribution in [-0.4, -0.2) is 17.7 Å². The summed E-state index contributed by atoms with van der Waals surface area (Å²) in [5.41, 5.74) is 1.77. The summed E-state index contributed by atoms with van der Waals surface area (Å²) in [6, 6.07) is 22.4. The van der Waals surface area contributed by atoms with Gasteiger partial charge in [-0.25, -0.2) is 4.90 Å². The van der Waals surface area contributed by atoms with Gasteiger partial charge in [-0.2, -0.15) is 0 Å². The summed E-state index contributed by atoms with van der Waals surface area (Å²) >= 11 is 0. The van der Waals surface area contributed by atoms with E-state index in [-0.39, 0.29) is 22.6 Å². The van der Waals surface area contributed by atoms with E-state index in [9.17, 15) is 14.4 Å². The number of anilines is 2. The van der Waals surface area contributed by atoms with E-state index < -0.39 is 17.7 Å². The molecule has 0 bridgehead atoms. The van der Waals surface area contributed by atoms with Gasteiger partial charge < -0.3 is 9.73 Å². The van der Waals surface area contributed by atoms with Gasteiger partial charge in [0, 0.05) is 5.39 Å². The zero-order valence-electron chi connectivity index (χ0n) is 15.1. The van der Waals surface area contributed by atoms with Crippen molar-refractivity contribution in [2.45, 2.75) is 0 Å². The van der Waals surface area contributed by atoms with Crippen molar-refractivity contribution in [3.8, 4) is 0 Å². The number of carbonyl (C=O) groups is 3. The van der Waals surface area contributed by atoms with E-state index in [0.717, 1.165) is 10.3 Å². The largest absolute Gasteiger partial charge is 0.451 e. The van der Waals surface area contributed by atoms with Crippen LogP contribution in [0.5, 0.6) is 0 Å². The lowest BCUT2D eigenvalue weighted by Crippen LogP contribution is -2.29. The van der Waals surface area contributed by atoms with E-state index in [1.807, 2.05) is 18.2 Å². The van der Waals surface area contributed by atoms with Gasteiger partial charge in [0.1, 0.15) is 5.58 Å². The Balaban J connectivity index is 1.50. The number of fused-ring (bicyclic) bond motifs is 2. The summed E-state index contributed by atoms with van der Waals surface area (Å²) < 4.78 is 5.59. The standard InChI is InChI=1S/C23H14N2O4/c26-21(19-13-14-7-4-5-12-18(14)29-19)24-17-11-6-10-16-20(17)23(28)25(22(16)27)15-8-2-1-3-9-15/h1-13H,(H,24,26). The maximum atomic E-state index is 13.0. The minimum atomic E-state index is -0.493. The molecule has 1 N–H and O–H groups in total. The summed E-state index contributed by atoms with van der Waals surface area (Å²) in [4.78, 5) is 39.6. The van der Waals surface area contributed by atoms with Crippen LogP contribution in [0.15, 0.2) is 83.3 Å². The quantitative estimate of drug-likeness (QED) is 0.530. The number of furan rings is 1. The van der Waals surface area contributed by atoms with E-state index >= 15 is 0 Å². The van der Waals surface area contributed by atoms with Crippen molar-refractivity contribution in [3.63, 3.8) is 0 Å². The monoisotopic (exact) mass is 382 g/mol. The lowest BCUT2D eigenvalue weighted by atomic mass is 10.1. The molecule has 0 fully saturated rings. The molecular formula is C23H14N2O4. The van der Waals surface area contributed by atoms with Gasteiger partial charge in [-0.3, -0.25) is 14.4 Å². The van der Waals surface area contributed by atoms with Crippen LogP contribution >= 0.6 is 0 Å². The predicted molar refractivity (Wildman–Crippen MR) is 108 cm³/mol. The first-order valence-electron chi connectivity index (χ1n) is 9.00. The lowest BCUT2D eigenvalue weighted by molar-refractivity contribution is 0.0926. The smallest absolute Gasteiger partial charge is 0.291 e. The fraction of sp³-hybridized carbons (Fsp3) is 0. The Morgan fingerprint density at radius 2 is 1.59 bits per heavy atom. The Labute approximate surface area is 165 Å². The van der Waals surface area contributed by atoms with Crippen LogP contribution < -0.4 is 10.2 Å². The first-order valence-corrected chi connectivity index (χ1v) is 9.00. The molecule has 1 aromatic heterocycles. The van der Waals surface area contributed by atoms with E-state index in [1.54, 1.807) is 60.7 Å². The Morgan fingerprint density at radius 3 is 2.38 bits per heavy atom. The molecule has 6 heteroatoms. The van der Waals surface area contributed by atoms with E-state index in [2.05, 4.69) is 5.32 Å². The number of nitrogens with one attached hydrogen (secondary N) is 1. The number of hydrogen-bond donors (Lipinski definition) is 1. The minimum Gasteiger partial charge on any atom is -0.451 e. The van der Waals surface area contributed by atoms with Crippen molar-refractivity contribution in [3.05, 3.63) is 95.7 Å². The molecule has 0 saturated carbocycles. The van der Waals surface area contributed by atoms with Crippen molar-refractivity contribution in [2.75, 3.05) is 10.2 Å². The van der Waals surface area contributed by atoms with E-state index in [1.165, 1.54) is 0 Å². The van der Waals surface area contributed by atoms with Gasteiger partial charge in [-0.15, -0.1) is 0 Å². The molecule has 0 radical (unpaired) electrons. The first-order chi connectivity index (χ1) is 14.1. The highest BCUT2D eigenvalue weighted by Gasteiger charge is 2.38. The molecule has 3 aromatic carbocycles. The van der Waals surface area contributed by atoms with Gasteiger partial charge in [-0.05, 0) is 36.4 Å². The second-order valence-electron chi connectivity index (χ2n) is 6.61. The number of imide groups is 1. The third-order valence-corrected chi connectivity index (χ3v) is 4.83. The summed E-state index contributed by atoms with van der Waals surface area (Å²) in [7, 11) is 0. The number of hydrogen-bond acceptors (Lipinski definition) is 4. The van der Waals surface area contributed by atoms with Crippen molar-refractivity contribution in [1.82, 2.24) is 0 Å². The van der Waals surface area contributed by atoms with Gasteiger partial charge in [0.05, 0.1) is 22.5 Å². The first kappa shape index (κ1) is 16.9. The minimum absolute atomic E-state index is 0.125. The molecule has 6 nitrogen and oxygen atoms in total. The fourth-order valence-electron chi connectivity index (χ4n) is 3.48. The van der Waals surface area contributed by atoms with Crippen molar-refractivity contribution >= 4 is 40.1 Å². The molecule has 1 aliphatic heterocycles. The Hall–Kier alpha value is -4.19. The molecular weight excluding hydrogens is 368 g/mol. The molecule has 3 amide bonds. The number of amides is 3. The summed E-state index contributed by atoms with van der Waals surface area (Å²) in [6.07, 6.45) is 0. The van der Waals surface area contributed by atoms with Crippen LogP contribution in [0, 0.1) is 0 Å². The summed E-state index contributed by atoms with van der Waals surface area (Å²) in [5, 5.41) is 3.51. The second kappa shape index (κ2) is 6.45. The van der Waals surface area contributed by atoms with Gasteiger partial charge in [0.15, 0.2) is 5.76 Å². The zero-order valence-corrected chi connectivity index (χ0v) is 15.1. The van der Waals surface area contributed by atoms with Crippen molar-refractivity contribution < 1.29 is 18.8 Å². The number of para-hydroxylation sites is 2. The maximum absolute atomic E-state index is 13.0. The molecule has 1 aliphatic rings. The fourth-order valence-corrected chi connectivity index (χ4v) is 3.48. The van der Waals surface area contributed by atoms with Crippen LogP contribution in [0.2, 0.25) is 0 Å². The molecule has 0 spiro atoms. The third-order valence-electron chi connectivity index (χ3n) is 4.83. The topological polar surface area (TPSA) is 79.6 Å². The summed E-state index contributed by atoms with van der Waals surface area (Å²) in [6.45, 7) is 0. The maximum Gasteiger partial charge on any atom is 0.291 e. The SMILES string of the molecule is O=C(Nc1cccc2c1C(=O)N(c1ccccc1)C2=O)c1cc2ccccc2o1. The van der Waals surface area contributed by atoms with Crippen LogP contribution in [-0.2, 0) is 0 Å². The van der Waals surface area contributed by atoms with Gasteiger partial charge >= 0.3 is 0 Å². The van der Waals surface area contributed by atoms with Crippen LogP contribution in [0.1, 0.15) is 31.3 Å². The molecule has 0 atom stereocenters. The van der Waals surface area contributed by atoms with Crippen LogP contribution in [0.3, 0.4) is 0 Å². The number of benzene rings is 3. The highest BCUT2D eigenvalue weighted by molar-refractivity contribution is 6.36. The lowest BCUT2D eigenvalue weighted by Gasteiger charge is -2.13. The zero-order chi connectivity index (χ0) is 20.0. The molecule has 140 valence electrons. The van der Waals surface area contributed by atoms with Crippen molar-refractivity contribution in [1.29, 1.82) is 0 Å². The number of carbonyl (C=O) groups excluding carboxylic acids is 3. The normalized spacial score (nSPS) is 13.0. The average Bonchev–Trinajstić information content (AvgIpc) is 3.29. The van der Waals surface area contributed by atoms with Crippen molar-refractivity contribution in [2.24, 2.45) is 0 Å². The molecule has 29 heavy (non-hydrogen) atoms. The Bertz CT molecular complexity index is 1260. The molecule has 2 heterocycles. The van der Waals surface area contributed by atoms with Gasteiger partial charge in [0.25, 0.3) is 17.7 Å². The van der Waals surface area contributed by atoms with Crippen LogP contribution in [0.25, 0.3) is 11.0 Å². The Kier molecular flexibility index (Phi) is 3.77. The van der Waals surface area contributed by atoms with Gasteiger partial charge in [0.2, 0.25) is 0 Å². The number of nitrogens with zero attached hydrogens (tertiary/aromatic N) is 1. The van der Waals surface area contributed by atoms with E-state index in [0.29, 0.717) is 11.3 Å².